The van der Waals surface area contributed by atoms with E-state index in [-0.39, 0.29) is 0 Å². The molecule has 0 radical (unpaired) electrons. The van der Waals surface area contributed by atoms with Gasteiger partial charge in [0, 0.05) is 0 Å². The number of hydrogen-bond acceptors (Lipinski definition) is 5. The van der Waals surface area contributed by atoms with Gasteiger partial charge in [0.15, 0.2) is 0 Å². The maximum atomic E-state index is 5.89. The second-order valence-corrected chi connectivity index (χ2v) is 7.43. The predicted molar refractivity (Wildman–Crippen MR) is 108 cm³/mol. The molecule has 1 aromatic heterocycles. The van der Waals surface area contributed by atoms with Gasteiger partial charge >= 0.3 is 172 Å². The van der Waals surface area contributed by atoms with Crippen LogP contribution >= 0.6 is 0 Å². The fourth-order valence-corrected chi connectivity index (χ4v) is 3.38. The van der Waals surface area contributed by atoms with Gasteiger partial charge in [-0.3, -0.25) is 0 Å². The number of ether oxygens (including phenoxy) is 1. The van der Waals surface area contributed by atoms with Gasteiger partial charge in [-0.15, -0.1) is 0 Å². The molecule has 1 aliphatic rings. The van der Waals surface area contributed by atoms with Crippen LogP contribution in [0.1, 0.15) is 71.2 Å². The van der Waals surface area contributed by atoms with E-state index in [0.29, 0.717) is 16.2 Å². The SMILES string of the molecule is C/C=C(\N)O[C](=[V])/C(N=C(CCC)C1CCC1)=C(/C)c1cnc(CC)nc1. The minimum atomic E-state index is 0.365. The summed E-state index contributed by atoms with van der Waals surface area (Å²) in [6, 6.07) is 0. The van der Waals surface area contributed by atoms with E-state index in [2.05, 4.69) is 33.9 Å². The molecule has 0 aromatic carbocycles. The molecule has 145 valence electrons. The molecule has 0 saturated heterocycles. The van der Waals surface area contributed by atoms with E-state index in [1.807, 2.05) is 33.2 Å². The first-order valence-electron chi connectivity index (χ1n) is 9.75. The molecule has 1 saturated carbocycles. The van der Waals surface area contributed by atoms with Crippen molar-refractivity contribution in [2.24, 2.45) is 16.6 Å². The summed E-state index contributed by atoms with van der Waals surface area (Å²) in [5, 5.41) is 0. The average molecular weight is 405 g/mol. The molecule has 2 rings (SSSR count). The molecular formula is C21H30N4OV. The van der Waals surface area contributed by atoms with Crippen molar-refractivity contribution in [3.05, 3.63) is 41.4 Å². The number of nitrogens with zero attached hydrogens (tertiary/aromatic N) is 3. The van der Waals surface area contributed by atoms with Crippen molar-refractivity contribution in [3.8, 4) is 0 Å². The van der Waals surface area contributed by atoms with E-state index in [1.54, 1.807) is 6.08 Å². The molecule has 0 unspecified atom stereocenters. The van der Waals surface area contributed by atoms with Crippen LogP contribution in [0.4, 0.5) is 0 Å². The quantitative estimate of drug-likeness (QED) is 0.490. The van der Waals surface area contributed by atoms with Gasteiger partial charge in [-0.25, -0.2) is 0 Å². The van der Waals surface area contributed by atoms with Crippen molar-refractivity contribution in [1.29, 1.82) is 0 Å². The van der Waals surface area contributed by atoms with Crippen LogP contribution in [0.2, 0.25) is 0 Å². The van der Waals surface area contributed by atoms with E-state index < -0.39 is 0 Å². The molecule has 0 aliphatic heterocycles. The molecule has 0 spiro atoms. The average Bonchev–Trinajstić information content (AvgIpc) is 2.64. The summed E-state index contributed by atoms with van der Waals surface area (Å²) in [5.41, 5.74) is 9.89. The molecular weight excluding hydrogens is 375 g/mol. The summed E-state index contributed by atoms with van der Waals surface area (Å²) < 4.78 is 6.42. The molecule has 1 aromatic rings. The molecule has 1 heterocycles. The van der Waals surface area contributed by atoms with Gasteiger partial charge < -0.3 is 0 Å². The molecule has 0 bridgehead atoms. The number of aliphatic imine (C=N–C) groups is 1. The number of hydrogen-bond donors (Lipinski definition) is 1. The van der Waals surface area contributed by atoms with Crippen LogP contribution < -0.4 is 5.73 Å². The Morgan fingerprint density at radius 2 is 2.00 bits per heavy atom. The van der Waals surface area contributed by atoms with Gasteiger partial charge in [0.1, 0.15) is 0 Å². The van der Waals surface area contributed by atoms with E-state index in [4.69, 9.17) is 15.5 Å². The molecule has 2 N–H and O–H groups in total. The Labute approximate surface area is 171 Å². The van der Waals surface area contributed by atoms with Crippen molar-refractivity contribution in [2.75, 3.05) is 0 Å². The molecule has 27 heavy (non-hydrogen) atoms. The molecule has 0 amide bonds. The summed E-state index contributed by atoms with van der Waals surface area (Å²) in [6.45, 7) is 8.13. The summed E-state index contributed by atoms with van der Waals surface area (Å²) in [4.78, 5) is 13.9. The van der Waals surface area contributed by atoms with Crippen molar-refractivity contribution in [3.63, 3.8) is 0 Å². The number of allylic oxidation sites excluding steroid dienone is 2. The summed E-state index contributed by atoms with van der Waals surface area (Å²) in [6.07, 6.45) is 12.1. The summed E-state index contributed by atoms with van der Waals surface area (Å²) in [5.74, 6) is 1.79. The van der Waals surface area contributed by atoms with Crippen molar-refractivity contribution < 1.29 is 21.7 Å². The van der Waals surface area contributed by atoms with Crippen molar-refractivity contribution in [2.45, 2.75) is 66.2 Å². The summed E-state index contributed by atoms with van der Waals surface area (Å²) >= 11 is 2.46. The van der Waals surface area contributed by atoms with E-state index in [9.17, 15) is 0 Å². The van der Waals surface area contributed by atoms with Gasteiger partial charge in [0.2, 0.25) is 0 Å². The van der Waals surface area contributed by atoms with E-state index in [1.165, 1.54) is 25.0 Å². The van der Waals surface area contributed by atoms with Crippen LogP contribution in [0.15, 0.2) is 35.0 Å². The zero-order chi connectivity index (χ0) is 19.8. The van der Waals surface area contributed by atoms with Gasteiger partial charge in [-0.2, -0.15) is 0 Å². The van der Waals surface area contributed by atoms with Gasteiger partial charge in [0.25, 0.3) is 0 Å². The molecule has 5 nitrogen and oxygen atoms in total. The standard InChI is InChI=1S/C21H30N4O.V/c1-5-9-18(16-10-8-11-16)25-19(14-26-20(22)6-2)15(4)17-12-23-21(7-3)24-13-17;/h6,12-13,16H,5,7-11,22H2,1-4H3;/b19-15+,20-6+,25-18?;. The molecule has 1 fully saturated rings. The normalized spacial score (nSPS) is 16.6. The van der Waals surface area contributed by atoms with Gasteiger partial charge in [-0.05, 0) is 0 Å². The fraction of sp³-hybridized carbons (Fsp3) is 0.524. The zero-order valence-corrected chi connectivity index (χ0v) is 18.2. The van der Waals surface area contributed by atoms with Crippen LogP contribution in [0, 0.1) is 5.92 Å². The fourth-order valence-electron chi connectivity index (χ4n) is 2.87. The van der Waals surface area contributed by atoms with Gasteiger partial charge in [0.05, 0.1) is 0 Å². The van der Waals surface area contributed by atoms with Crippen LogP contribution in [0.5, 0.6) is 0 Å². The Morgan fingerprint density at radius 3 is 2.48 bits per heavy atom. The van der Waals surface area contributed by atoms with E-state index in [0.717, 1.165) is 41.9 Å². The Kier molecular flexibility index (Phi) is 8.45. The van der Waals surface area contributed by atoms with Crippen LogP contribution in [-0.2, 0) is 28.1 Å². The molecule has 1 aliphatic carbocycles. The topological polar surface area (TPSA) is 73.4 Å². The molecule has 6 heteroatoms. The maximum absolute atomic E-state index is 5.89. The second-order valence-electron chi connectivity index (χ2n) is 6.79. The number of aromatic nitrogens is 2. The first-order chi connectivity index (χ1) is 13.0. The Hall–Kier alpha value is -1.72. The van der Waals surface area contributed by atoms with Crippen LogP contribution in [-0.4, -0.2) is 20.1 Å². The Balaban J connectivity index is 2.47. The summed E-state index contributed by atoms with van der Waals surface area (Å²) in [7, 11) is 0. The van der Waals surface area contributed by atoms with Crippen molar-refractivity contribution in [1.82, 2.24) is 9.97 Å². The van der Waals surface area contributed by atoms with Crippen LogP contribution in [0.25, 0.3) is 5.57 Å². The Bertz CT molecular complexity index is 746. The number of aryl methyl sites for hydroxylation is 1. The predicted octanol–water partition coefficient (Wildman–Crippen LogP) is 4.32. The second kappa shape index (κ2) is 10.6. The zero-order valence-electron chi connectivity index (χ0n) is 16.8. The number of nitrogens with two attached hydrogens (primary N) is 1. The first-order valence-corrected chi connectivity index (χ1v) is 10.4. The van der Waals surface area contributed by atoms with E-state index >= 15 is 0 Å². The van der Waals surface area contributed by atoms with Gasteiger partial charge in [-0.1, -0.05) is 0 Å². The monoisotopic (exact) mass is 405 g/mol. The minimum absolute atomic E-state index is 0.365. The first kappa shape index (κ1) is 21.6. The third-order valence-electron chi connectivity index (χ3n) is 4.85. The molecule has 0 atom stereocenters. The Morgan fingerprint density at radius 1 is 1.33 bits per heavy atom. The number of rotatable bonds is 9. The van der Waals surface area contributed by atoms with Crippen LogP contribution in [0.3, 0.4) is 0 Å². The third kappa shape index (κ3) is 5.88. The third-order valence-corrected chi connectivity index (χ3v) is 5.32. The van der Waals surface area contributed by atoms with Crippen molar-refractivity contribution >= 4 is 15.7 Å².